The number of carbonyl (C=O) groups excluding carboxylic acids is 2. The number of nitrogens with two attached hydrogens (primary N) is 1. The molecule has 0 aliphatic carbocycles. The van der Waals surface area contributed by atoms with Crippen LogP contribution in [-0.4, -0.2) is 40.7 Å². The molecule has 31 heavy (non-hydrogen) atoms. The second kappa shape index (κ2) is 9.38. The quantitative estimate of drug-likeness (QED) is 0.376. The molecule has 2 aromatic carbocycles. The van der Waals surface area contributed by atoms with Gasteiger partial charge >= 0.3 is 0 Å². The highest BCUT2D eigenvalue weighted by Crippen LogP contribution is 2.18. The third kappa shape index (κ3) is 5.25. The van der Waals surface area contributed by atoms with Gasteiger partial charge in [-0.25, -0.2) is 0 Å². The van der Waals surface area contributed by atoms with E-state index in [1.807, 2.05) is 59.5 Å². The largest absolute Gasteiger partial charge is 0.369 e. The Kier molecular flexibility index (Phi) is 6.21. The van der Waals surface area contributed by atoms with E-state index in [4.69, 9.17) is 10.3 Å². The molecule has 3 aromatic rings. The molecule has 1 aliphatic heterocycles. The molecule has 1 saturated heterocycles. The van der Waals surface area contributed by atoms with E-state index in [1.165, 1.54) is 0 Å². The molecular formula is C24H24N4O3. The van der Waals surface area contributed by atoms with Gasteiger partial charge < -0.3 is 15.2 Å². The van der Waals surface area contributed by atoms with Crippen molar-refractivity contribution in [2.75, 3.05) is 13.1 Å². The molecule has 158 valence electrons. The van der Waals surface area contributed by atoms with Crippen molar-refractivity contribution < 1.29 is 14.1 Å². The highest BCUT2D eigenvalue weighted by molar-refractivity contribution is 6.09. The fraction of sp³-hybridized carbons (Fsp3) is 0.250. The standard InChI is InChI=1S/C24H24N4O3/c25-24(28-13-11-21(29)12-14-28)26-22-16-20(27-31-22)10-9-17-5-4-8-19(15-17)23(30)18-6-2-1-3-7-18/h1-8,15-16H,9-14H2,(H2,25,26). The van der Waals surface area contributed by atoms with Crippen molar-refractivity contribution in [3.63, 3.8) is 0 Å². The summed E-state index contributed by atoms with van der Waals surface area (Å²) >= 11 is 0. The number of hydrogen-bond donors (Lipinski definition) is 1. The predicted octanol–water partition coefficient (Wildman–Crippen LogP) is 3.30. The number of ketones is 2. The van der Waals surface area contributed by atoms with Crippen LogP contribution in [0.1, 0.15) is 40.0 Å². The zero-order chi connectivity index (χ0) is 21.6. The number of hydrogen-bond acceptors (Lipinski definition) is 5. The number of Topliss-reactive ketones (excluding diaryl/α,β-unsaturated/α-hetero) is 1. The van der Waals surface area contributed by atoms with Gasteiger partial charge in [0, 0.05) is 43.1 Å². The maximum Gasteiger partial charge on any atom is 0.253 e. The zero-order valence-corrected chi connectivity index (χ0v) is 17.2. The van der Waals surface area contributed by atoms with Crippen molar-refractivity contribution >= 4 is 23.4 Å². The third-order valence-electron chi connectivity index (χ3n) is 5.31. The second-order valence-electron chi connectivity index (χ2n) is 7.55. The Hall–Kier alpha value is -3.74. The molecule has 7 nitrogen and oxygen atoms in total. The Bertz CT molecular complexity index is 1090. The first-order chi connectivity index (χ1) is 15.1. The van der Waals surface area contributed by atoms with Gasteiger partial charge in [0.1, 0.15) is 5.78 Å². The number of rotatable bonds is 6. The molecule has 1 aliphatic rings. The van der Waals surface area contributed by atoms with Crippen molar-refractivity contribution in [2.24, 2.45) is 10.7 Å². The minimum absolute atomic E-state index is 0.00963. The summed E-state index contributed by atoms with van der Waals surface area (Å²) in [5.41, 5.74) is 9.19. The Morgan fingerprint density at radius 2 is 1.74 bits per heavy atom. The molecule has 0 spiro atoms. The Balaban J connectivity index is 1.37. The molecule has 0 amide bonds. The first-order valence-corrected chi connectivity index (χ1v) is 10.3. The van der Waals surface area contributed by atoms with E-state index in [0.29, 0.717) is 55.3 Å². The number of likely N-dealkylation sites (tertiary alicyclic amines) is 1. The summed E-state index contributed by atoms with van der Waals surface area (Å²) in [6.07, 6.45) is 2.35. The van der Waals surface area contributed by atoms with Crippen LogP contribution in [0.2, 0.25) is 0 Å². The minimum Gasteiger partial charge on any atom is -0.369 e. The molecule has 0 radical (unpaired) electrons. The molecule has 0 atom stereocenters. The summed E-state index contributed by atoms with van der Waals surface area (Å²) in [6, 6.07) is 18.7. The number of carbonyl (C=O) groups is 2. The predicted molar refractivity (Wildman–Crippen MR) is 117 cm³/mol. The molecular weight excluding hydrogens is 392 g/mol. The van der Waals surface area contributed by atoms with E-state index in [-0.39, 0.29) is 11.6 Å². The number of benzene rings is 2. The van der Waals surface area contributed by atoms with E-state index in [9.17, 15) is 9.59 Å². The van der Waals surface area contributed by atoms with Gasteiger partial charge in [0.15, 0.2) is 11.7 Å². The maximum atomic E-state index is 12.7. The molecule has 7 heteroatoms. The minimum atomic E-state index is 0.00963. The van der Waals surface area contributed by atoms with Crippen LogP contribution in [0, 0.1) is 0 Å². The lowest BCUT2D eigenvalue weighted by molar-refractivity contribution is -0.120. The molecule has 0 unspecified atom stereocenters. The summed E-state index contributed by atoms with van der Waals surface area (Å²) in [6.45, 7) is 1.15. The molecule has 4 rings (SSSR count). The third-order valence-corrected chi connectivity index (χ3v) is 5.31. The van der Waals surface area contributed by atoms with Crippen LogP contribution in [0.4, 0.5) is 5.88 Å². The lowest BCUT2D eigenvalue weighted by Gasteiger charge is -2.26. The fourth-order valence-corrected chi connectivity index (χ4v) is 3.54. The summed E-state index contributed by atoms with van der Waals surface area (Å²) < 4.78 is 5.29. The summed E-state index contributed by atoms with van der Waals surface area (Å²) in [5, 5.41) is 4.07. The molecule has 1 aromatic heterocycles. The Morgan fingerprint density at radius 1 is 1.00 bits per heavy atom. The van der Waals surface area contributed by atoms with Crippen LogP contribution in [-0.2, 0) is 17.6 Å². The average molecular weight is 416 g/mol. The summed E-state index contributed by atoms with van der Waals surface area (Å²) in [7, 11) is 0. The van der Waals surface area contributed by atoms with Gasteiger partial charge in [-0.2, -0.15) is 4.99 Å². The van der Waals surface area contributed by atoms with E-state index in [2.05, 4.69) is 10.1 Å². The summed E-state index contributed by atoms with van der Waals surface area (Å²) in [4.78, 5) is 30.2. The smallest absolute Gasteiger partial charge is 0.253 e. The molecule has 0 saturated carbocycles. The average Bonchev–Trinajstić information content (AvgIpc) is 3.25. The molecule has 2 heterocycles. The van der Waals surface area contributed by atoms with Gasteiger partial charge in [-0.05, 0) is 24.5 Å². The van der Waals surface area contributed by atoms with E-state index in [0.717, 1.165) is 17.7 Å². The van der Waals surface area contributed by atoms with E-state index in [1.54, 1.807) is 6.07 Å². The van der Waals surface area contributed by atoms with Crippen molar-refractivity contribution in [3.05, 3.63) is 83.0 Å². The molecule has 0 bridgehead atoms. The van der Waals surface area contributed by atoms with Gasteiger partial charge in [0.2, 0.25) is 0 Å². The molecule has 1 fully saturated rings. The maximum absolute atomic E-state index is 12.7. The van der Waals surface area contributed by atoms with Gasteiger partial charge in [0.25, 0.3) is 5.88 Å². The van der Waals surface area contributed by atoms with Crippen LogP contribution >= 0.6 is 0 Å². The number of nitrogens with zero attached hydrogens (tertiary/aromatic N) is 3. The van der Waals surface area contributed by atoms with Crippen molar-refractivity contribution in [2.45, 2.75) is 25.7 Å². The van der Waals surface area contributed by atoms with Crippen molar-refractivity contribution in [3.8, 4) is 0 Å². The van der Waals surface area contributed by atoms with Crippen LogP contribution in [0.5, 0.6) is 0 Å². The fourth-order valence-electron chi connectivity index (χ4n) is 3.54. The van der Waals surface area contributed by atoms with Crippen molar-refractivity contribution in [1.29, 1.82) is 0 Å². The van der Waals surface area contributed by atoms with Gasteiger partial charge in [0.05, 0.1) is 5.69 Å². The van der Waals surface area contributed by atoms with E-state index >= 15 is 0 Å². The first kappa shape index (κ1) is 20.5. The molecule has 2 N–H and O–H groups in total. The number of aromatic nitrogens is 1. The highest BCUT2D eigenvalue weighted by Gasteiger charge is 2.18. The number of piperidine rings is 1. The monoisotopic (exact) mass is 416 g/mol. The van der Waals surface area contributed by atoms with Crippen LogP contribution in [0.15, 0.2) is 70.2 Å². The number of guanidine groups is 1. The summed E-state index contributed by atoms with van der Waals surface area (Å²) in [5.74, 6) is 0.940. The van der Waals surface area contributed by atoms with Crippen LogP contribution in [0.3, 0.4) is 0 Å². The van der Waals surface area contributed by atoms with Gasteiger partial charge in [-0.3, -0.25) is 9.59 Å². The zero-order valence-electron chi connectivity index (χ0n) is 17.2. The lowest BCUT2D eigenvalue weighted by atomic mass is 9.99. The highest BCUT2D eigenvalue weighted by atomic mass is 16.5. The van der Waals surface area contributed by atoms with Gasteiger partial charge in [-0.1, -0.05) is 53.7 Å². The topological polar surface area (TPSA) is 102 Å². The Labute approximate surface area is 180 Å². The van der Waals surface area contributed by atoms with Crippen LogP contribution < -0.4 is 5.73 Å². The van der Waals surface area contributed by atoms with Crippen LogP contribution in [0.25, 0.3) is 0 Å². The first-order valence-electron chi connectivity index (χ1n) is 10.3. The lowest BCUT2D eigenvalue weighted by Crippen LogP contribution is -2.42. The number of aryl methyl sites for hydroxylation is 2. The van der Waals surface area contributed by atoms with Crippen molar-refractivity contribution in [1.82, 2.24) is 10.1 Å². The number of aliphatic imine (C=N–C) groups is 1. The SMILES string of the molecule is NC(=Nc1cc(CCc2cccc(C(=O)c3ccccc3)c2)no1)N1CCC(=O)CC1. The van der Waals surface area contributed by atoms with Gasteiger partial charge in [-0.15, -0.1) is 0 Å². The van der Waals surface area contributed by atoms with E-state index < -0.39 is 0 Å². The normalized spacial score (nSPS) is 14.6. The second-order valence-corrected chi connectivity index (χ2v) is 7.55. The Morgan fingerprint density at radius 3 is 2.52 bits per heavy atom.